The van der Waals surface area contributed by atoms with E-state index in [1.165, 1.54) is 4.31 Å². The summed E-state index contributed by atoms with van der Waals surface area (Å²) in [5.74, 6) is -0.378. The summed E-state index contributed by atoms with van der Waals surface area (Å²) in [4.78, 5) is 12.7. The Morgan fingerprint density at radius 1 is 0.973 bits per heavy atom. The number of anilines is 1. The fraction of sp³-hybridized carbons (Fsp3) is 0.0714. The van der Waals surface area contributed by atoms with Gasteiger partial charge in [-0.3, -0.25) is 9.10 Å². The topological polar surface area (TPSA) is 78.8 Å². The van der Waals surface area contributed by atoms with Crippen molar-refractivity contribution in [2.75, 3.05) is 4.31 Å². The highest BCUT2D eigenvalue weighted by Crippen LogP contribution is 2.32. The molecule has 1 N–H and O–H groups in total. The Balaban J connectivity index is 1.56. The van der Waals surface area contributed by atoms with Crippen molar-refractivity contribution in [2.24, 2.45) is 5.10 Å². The highest BCUT2D eigenvalue weighted by atomic mass is 79.9. The van der Waals surface area contributed by atoms with Crippen LogP contribution in [0.15, 0.2) is 112 Å². The van der Waals surface area contributed by atoms with E-state index in [1.54, 1.807) is 85.9 Å². The molecule has 0 radical (unpaired) electrons. The maximum Gasteiger partial charge on any atom is 0.271 e. The third kappa shape index (κ3) is 6.46. The summed E-state index contributed by atoms with van der Waals surface area (Å²) in [7, 11) is -3.89. The van der Waals surface area contributed by atoms with Crippen molar-refractivity contribution in [3.8, 4) is 0 Å². The van der Waals surface area contributed by atoms with Crippen molar-refractivity contribution in [1.82, 2.24) is 5.43 Å². The van der Waals surface area contributed by atoms with E-state index in [0.29, 0.717) is 27.4 Å². The first-order valence-corrected chi connectivity index (χ1v) is 13.9. The van der Waals surface area contributed by atoms with Crippen LogP contribution in [0.1, 0.15) is 27.0 Å². The van der Waals surface area contributed by atoms with Crippen LogP contribution in [0.25, 0.3) is 0 Å². The van der Waals surface area contributed by atoms with Gasteiger partial charge in [-0.2, -0.15) is 5.10 Å². The molecule has 0 atom stereocenters. The SMILES string of the molecule is Cc1c(Cl)cccc1N(Cc1ccc(C(=O)N/N=C/c2cccc(Br)c2)cc1)S(=O)(=O)c1ccccc1. The largest absolute Gasteiger partial charge is 0.271 e. The highest BCUT2D eigenvalue weighted by Gasteiger charge is 2.27. The Hall–Kier alpha value is -3.46. The second-order valence-electron chi connectivity index (χ2n) is 8.16. The summed E-state index contributed by atoms with van der Waals surface area (Å²) >= 11 is 9.72. The van der Waals surface area contributed by atoms with Crippen LogP contribution < -0.4 is 9.73 Å². The Morgan fingerprint density at radius 2 is 1.68 bits per heavy atom. The van der Waals surface area contributed by atoms with Gasteiger partial charge in [-0.05, 0) is 72.1 Å². The molecule has 0 aromatic heterocycles. The molecular formula is C28H23BrClN3O3S. The van der Waals surface area contributed by atoms with E-state index in [1.807, 2.05) is 24.3 Å². The summed E-state index contributed by atoms with van der Waals surface area (Å²) in [6.45, 7) is 1.84. The first kappa shape index (κ1) is 26.6. The molecule has 0 spiro atoms. The lowest BCUT2D eigenvalue weighted by Crippen LogP contribution is -2.31. The van der Waals surface area contributed by atoms with Gasteiger partial charge in [-0.1, -0.05) is 76.1 Å². The van der Waals surface area contributed by atoms with E-state index >= 15 is 0 Å². The molecule has 4 rings (SSSR count). The number of hydrazone groups is 1. The third-order valence-electron chi connectivity index (χ3n) is 5.61. The minimum absolute atomic E-state index is 0.0569. The number of hydrogen-bond acceptors (Lipinski definition) is 4. The average Bonchev–Trinajstić information content (AvgIpc) is 2.90. The number of nitrogens with zero attached hydrogens (tertiary/aromatic N) is 2. The average molecular weight is 597 g/mol. The summed E-state index contributed by atoms with van der Waals surface area (Å²) < 4.78 is 29.5. The van der Waals surface area contributed by atoms with Crippen molar-refractivity contribution in [2.45, 2.75) is 18.4 Å². The van der Waals surface area contributed by atoms with Crippen molar-refractivity contribution in [3.63, 3.8) is 0 Å². The second kappa shape index (κ2) is 11.7. The second-order valence-corrected chi connectivity index (χ2v) is 11.3. The number of benzene rings is 4. The molecule has 9 heteroatoms. The predicted octanol–water partition coefficient (Wildman–Crippen LogP) is 6.57. The summed E-state index contributed by atoms with van der Waals surface area (Å²) in [6, 6.07) is 27.7. The molecule has 0 aliphatic rings. The van der Waals surface area contributed by atoms with Gasteiger partial charge < -0.3 is 0 Å². The van der Waals surface area contributed by atoms with E-state index < -0.39 is 10.0 Å². The first-order valence-electron chi connectivity index (χ1n) is 11.3. The number of carbonyl (C=O) groups is 1. The number of rotatable bonds is 8. The van der Waals surface area contributed by atoms with Gasteiger partial charge >= 0.3 is 0 Å². The van der Waals surface area contributed by atoms with Crippen molar-refractivity contribution < 1.29 is 13.2 Å². The molecule has 6 nitrogen and oxygen atoms in total. The van der Waals surface area contributed by atoms with Crippen LogP contribution in [-0.4, -0.2) is 20.5 Å². The van der Waals surface area contributed by atoms with E-state index in [9.17, 15) is 13.2 Å². The lowest BCUT2D eigenvalue weighted by atomic mass is 10.1. The fourth-order valence-corrected chi connectivity index (χ4v) is 5.75. The molecular weight excluding hydrogens is 574 g/mol. The van der Waals surface area contributed by atoms with Crippen molar-refractivity contribution in [3.05, 3.63) is 129 Å². The maximum atomic E-state index is 13.6. The Labute approximate surface area is 229 Å². The van der Waals surface area contributed by atoms with Crippen molar-refractivity contribution >= 4 is 55.4 Å². The van der Waals surface area contributed by atoms with Crippen LogP contribution in [0.4, 0.5) is 5.69 Å². The molecule has 0 bridgehead atoms. The highest BCUT2D eigenvalue weighted by molar-refractivity contribution is 9.10. The van der Waals surface area contributed by atoms with E-state index in [2.05, 4.69) is 26.5 Å². The zero-order valence-electron chi connectivity index (χ0n) is 19.8. The number of halogens is 2. The van der Waals surface area contributed by atoms with Crippen LogP contribution in [0.2, 0.25) is 5.02 Å². The molecule has 0 heterocycles. The van der Waals surface area contributed by atoms with Gasteiger partial charge in [0.25, 0.3) is 15.9 Å². The van der Waals surface area contributed by atoms with Gasteiger partial charge in [-0.25, -0.2) is 13.8 Å². The van der Waals surface area contributed by atoms with E-state index in [4.69, 9.17) is 11.6 Å². The maximum absolute atomic E-state index is 13.6. The number of hydrogen-bond donors (Lipinski definition) is 1. The number of amides is 1. The lowest BCUT2D eigenvalue weighted by molar-refractivity contribution is 0.0955. The molecule has 188 valence electrons. The van der Waals surface area contributed by atoms with Crippen LogP contribution in [0.5, 0.6) is 0 Å². The van der Waals surface area contributed by atoms with Crippen LogP contribution in [-0.2, 0) is 16.6 Å². The molecule has 0 aliphatic carbocycles. The van der Waals surface area contributed by atoms with E-state index in [0.717, 1.165) is 10.0 Å². The molecule has 37 heavy (non-hydrogen) atoms. The lowest BCUT2D eigenvalue weighted by Gasteiger charge is -2.26. The monoisotopic (exact) mass is 595 g/mol. The predicted molar refractivity (Wildman–Crippen MR) is 152 cm³/mol. The van der Waals surface area contributed by atoms with Gasteiger partial charge in [0.15, 0.2) is 0 Å². The Bertz CT molecular complexity index is 1540. The fourth-order valence-electron chi connectivity index (χ4n) is 3.63. The first-order chi connectivity index (χ1) is 17.8. The zero-order chi connectivity index (χ0) is 26.4. The zero-order valence-corrected chi connectivity index (χ0v) is 23.0. The summed E-state index contributed by atoms with van der Waals surface area (Å²) in [5, 5.41) is 4.48. The molecule has 0 unspecified atom stereocenters. The molecule has 0 aliphatic heterocycles. The molecule has 4 aromatic rings. The Morgan fingerprint density at radius 3 is 2.38 bits per heavy atom. The van der Waals surface area contributed by atoms with Gasteiger partial charge in [-0.15, -0.1) is 0 Å². The molecule has 0 fully saturated rings. The number of nitrogens with one attached hydrogen (secondary N) is 1. The van der Waals surface area contributed by atoms with Crippen LogP contribution in [0, 0.1) is 6.92 Å². The molecule has 0 saturated heterocycles. The summed E-state index contributed by atoms with van der Waals surface area (Å²) in [5.41, 5.74) is 5.58. The smallest absolute Gasteiger partial charge is 0.267 e. The molecule has 1 amide bonds. The standard InChI is InChI=1S/C28H23BrClN3O3S/c1-20-26(30)11-6-12-27(20)33(37(35,36)25-9-3-2-4-10-25)19-21-13-15-23(16-14-21)28(34)32-31-18-22-7-5-8-24(29)17-22/h2-18H,19H2,1H3,(H,32,34)/b31-18+. The van der Waals surface area contributed by atoms with Gasteiger partial charge in [0.2, 0.25) is 0 Å². The quantitative estimate of drug-likeness (QED) is 0.185. The van der Waals surface area contributed by atoms with E-state index in [-0.39, 0.29) is 17.3 Å². The van der Waals surface area contributed by atoms with Crippen LogP contribution in [0.3, 0.4) is 0 Å². The third-order valence-corrected chi connectivity index (χ3v) is 8.29. The van der Waals surface area contributed by atoms with Gasteiger partial charge in [0.1, 0.15) is 0 Å². The van der Waals surface area contributed by atoms with Gasteiger partial charge in [0, 0.05) is 15.1 Å². The molecule has 4 aromatic carbocycles. The van der Waals surface area contributed by atoms with Crippen LogP contribution >= 0.6 is 27.5 Å². The molecule has 0 saturated carbocycles. The Kier molecular flexibility index (Phi) is 8.43. The van der Waals surface area contributed by atoms with Crippen molar-refractivity contribution in [1.29, 1.82) is 0 Å². The summed E-state index contributed by atoms with van der Waals surface area (Å²) in [6.07, 6.45) is 1.55. The minimum atomic E-state index is -3.89. The van der Waals surface area contributed by atoms with Gasteiger partial charge in [0.05, 0.1) is 23.3 Å². The minimum Gasteiger partial charge on any atom is -0.267 e. The normalized spacial score (nSPS) is 11.4. The number of sulfonamides is 1. The number of carbonyl (C=O) groups excluding carboxylic acids is 1.